The maximum absolute atomic E-state index is 13.0. The average Bonchev–Trinajstić information content (AvgIpc) is 2.78. The van der Waals surface area contributed by atoms with Gasteiger partial charge < -0.3 is 10.8 Å². The highest BCUT2D eigenvalue weighted by Gasteiger charge is 2.09. The Morgan fingerprint density at radius 3 is 2.88 bits per heavy atom. The minimum Gasteiger partial charge on any atom is -0.392 e. The van der Waals surface area contributed by atoms with Crippen LogP contribution in [0.15, 0.2) is 30.6 Å². The number of primary amides is 1. The fourth-order valence-corrected chi connectivity index (χ4v) is 1.49. The highest BCUT2D eigenvalue weighted by Crippen LogP contribution is 2.16. The number of rotatable bonds is 3. The van der Waals surface area contributed by atoms with Gasteiger partial charge in [0.2, 0.25) is 0 Å². The first-order chi connectivity index (χ1) is 8.11. The van der Waals surface area contributed by atoms with Crippen molar-refractivity contribution in [1.82, 2.24) is 9.78 Å². The lowest BCUT2D eigenvalue weighted by Gasteiger charge is -2.06. The third-order valence-electron chi connectivity index (χ3n) is 2.33. The van der Waals surface area contributed by atoms with Gasteiger partial charge in [0, 0.05) is 11.8 Å². The standard InChI is InChI=1S/C11H10FN3O2/c12-9-1-2-10(7(3-9)6-16)15-5-8(4-14-15)11(13)17/h1-5,16H,6H2,(H2,13,17). The van der Waals surface area contributed by atoms with Crippen LogP contribution in [0.3, 0.4) is 0 Å². The number of hydrogen-bond donors (Lipinski definition) is 2. The molecule has 5 nitrogen and oxygen atoms in total. The molecule has 0 radical (unpaired) electrons. The van der Waals surface area contributed by atoms with Crippen LogP contribution in [0.1, 0.15) is 15.9 Å². The van der Waals surface area contributed by atoms with Crippen molar-refractivity contribution in [2.24, 2.45) is 5.73 Å². The van der Waals surface area contributed by atoms with Crippen molar-refractivity contribution in [3.8, 4) is 5.69 Å². The number of carbonyl (C=O) groups excluding carboxylic acids is 1. The summed E-state index contributed by atoms with van der Waals surface area (Å²) in [5.74, 6) is -1.04. The number of aliphatic hydroxyl groups excluding tert-OH is 1. The van der Waals surface area contributed by atoms with Gasteiger partial charge in [0.15, 0.2) is 0 Å². The molecule has 0 spiro atoms. The van der Waals surface area contributed by atoms with E-state index in [-0.39, 0.29) is 12.2 Å². The number of carbonyl (C=O) groups is 1. The average molecular weight is 235 g/mol. The zero-order valence-corrected chi connectivity index (χ0v) is 8.80. The number of hydrogen-bond acceptors (Lipinski definition) is 3. The van der Waals surface area contributed by atoms with Crippen molar-refractivity contribution >= 4 is 5.91 Å². The van der Waals surface area contributed by atoms with Gasteiger partial charge in [0.25, 0.3) is 5.91 Å². The molecule has 17 heavy (non-hydrogen) atoms. The molecule has 0 unspecified atom stereocenters. The van der Waals surface area contributed by atoms with Crippen LogP contribution in [-0.4, -0.2) is 20.8 Å². The van der Waals surface area contributed by atoms with Crippen molar-refractivity contribution < 1.29 is 14.3 Å². The van der Waals surface area contributed by atoms with Crippen molar-refractivity contribution in [2.45, 2.75) is 6.61 Å². The Morgan fingerprint density at radius 2 is 2.29 bits per heavy atom. The molecule has 3 N–H and O–H groups in total. The molecule has 1 aromatic carbocycles. The van der Waals surface area contributed by atoms with Crippen molar-refractivity contribution in [2.75, 3.05) is 0 Å². The molecule has 0 aliphatic heterocycles. The third kappa shape index (κ3) is 2.16. The topological polar surface area (TPSA) is 81.1 Å². The number of aliphatic hydroxyl groups is 1. The Labute approximate surface area is 96.3 Å². The SMILES string of the molecule is NC(=O)c1cnn(-c2ccc(F)cc2CO)c1. The minimum atomic E-state index is -0.594. The highest BCUT2D eigenvalue weighted by molar-refractivity contribution is 5.92. The van der Waals surface area contributed by atoms with Gasteiger partial charge in [0.1, 0.15) is 5.82 Å². The van der Waals surface area contributed by atoms with E-state index in [1.54, 1.807) is 0 Å². The second-order valence-electron chi connectivity index (χ2n) is 3.47. The Kier molecular flexibility index (Phi) is 2.88. The van der Waals surface area contributed by atoms with Gasteiger partial charge >= 0.3 is 0 Å². The molecule has 0 fully saturated rings. The minimum absolute atomic E-state index is 0.248. The van der Waals surface area contributed by atoms with E-state index in [0.717, 1.165) is 0 Å². The van der Waals surface area contributed by atoms with Crippen LogP contribution < -0.4 is 5.73 Å². The summed E-state index contributed by atoms with van der Waals surface area (Å²) >= 11 is 0. The van der Waals surface area contributed by atoms with Gasteiger partial charge in [-0.25, -0.2) is 9.07 Å². The summed E-state index contributed by atoms with van der Waals surface area (Å²) in [6.45, 7) is -0.321. The summed E-state index contributed by atoms with van der Waals surface area (Å²) in [5, 5.41) is 13.0. The van der Waals surface area contributed by atoms with Crippen LogP contribution in [0.4, 0.5) is 4.39 Å². The molecular formula is C11H10FN3O2. The van der Waals surface area contributed by atoms with E-state index in [1.165, 1.54) is 35.3 Å². The number of nitrogens with zero attached hydrogens (tertiary/aromatic N) is 2. The second kappa shape index (κ2) is 4.34. The molecule has 0 saturated heterocycles. The fourth-order valence-electron chi connectivity index (χ4n) is 1.49. The number of halogens is 1. The predicted molar refractivity (Wildman–Crippen MR) is 58.0 cm³/mol. The van der Waals surface area contributed by atoms with Gasteiger partial charge in [-0.3, -0.25) is 4.79 Å². The van der Waals surface area contributed by atoms with Crippen molar-refractivity contribution in [3.63, 3.8) is 0 Å². The van der Waals surface area contributed by atoms with Gasteiger partial charge in [-0.05, 0) is 18.2 Å². The van der Waals surface area contributed by atoms with Gasteiger partial charge in [0.05, 0.1) is 24.1 Å². The smallest absolute Gasteiger partial charge is 0.251 e. The Balaban J connectivity index is 2.48. The van der Waals surface area contributed by atoms with E-state index >= 15 is 0 Å². The second-order valence-corrected chi connectivity index (χ2v) is 3.47. The normalized spacial score (nSPS) is 10.5. The molecule has 1 heterocycles. The molecular weight excluding hydrogens is 225 g/mol. The maximum atomic E-state index is 13.0. The van der Waals surface area contributed by atoms with E-state index in [4.69, 9.17) is 10.8 Å². The summed E-state index contributed by atoms with van der Waals surface area (Å²) in [7, 11) is 0. The number of aromatic nitrogens is 2. The number of benzene rings is 1. The number of amides is 1. The Hall–Kier alpha value is -2.21. The third-order valence-corrected chi connectivity index (χ3v) is 2.33. The molecule has 0 bridgehead atoms. The number of nitrogens with two attached hydrogens (primary N) is 1. The molecule has 0 saturated carbocycles. The van der Waals surface area contributed by atoms with Crippen LogP contribution in [0.5, 0.6) is 0 Å². The van der Waals surface area contributed by atoms with E-state index in [0.29, 0.717) is 11.3 Å². The molecule has 6 heteroatoms. The lowest BCUT2D eigenvalue weighted by Crippen LogP contribution is -2.09. The molecule has 1 amide bonds. The molecule has 0 aliphatic rings. The Bertz CT molecular complexity index is 566. The first-order valence-electron chi connectivity index (χ1n) is 4.86. The van der Waals surface area contributed by atoms with Gasteiger partial charge in [-0.15, -0.1) is 0 Å². The van der Waals surface area contributed by atoms with E-state index in [2.05, 4.69) is 5.10 Å². The summed E-state index contributed by atoms with van der Waals surface area (Å²) < 4.78 is 14.3. The van der Waals surface area contributed by atoms with Crippen molar-refractivity contribution in [3.05, 3.63) is 47.5 Å². The maximum Gasteiger partial charge on any atom is 0.251 e. The molecule has 88 valence electrons. The molecule has 0 atom stereocenters. The van der Waals surface area contributed by atoms with Crippen molar-refractivity contribution in [1.29, 1.82) is 0 Å². The van der Waals surface area contributed by atoms with Gasteiger partial charge in [-0.1, -0.05) is 0 Å². The van der Waals surface area contributed by atoms with E-state index in [1.807, 2.05) is 0 Å². The van der Waals surface area contributed by atoms with E-state index < -0.39 is 11.7 Å². The van der Waals surface area contributed by atoms with Crippen LogP contribution in [-0.2, 0) is 6.61 Å². The lowest BCUT2D eigenvalue weighted by atomic mass is 10.2. The van der Waals surface area contributed by atoms with Crippen LogP contribution >= 0.6 is 0 Å². The molecule has 2 rings (SSSR count). The molecule has 1 aromatic heterocycles. The molecule has 0 aliphatic carbocycles. The Morgan fingerprint density at radius 1 is 1.53 bits per heavy atom. The van der Waals surface area contributed by atoms with Crippen LogP contribution in [0.25, 0.3) is 5.69 Å². The summed E-state index contributed by atoms with van der Waals surface area (Å²) in [4.78, 5) is 10.9. The van der Waals surface area contributed by atoms with E-state index in [9.17, 15) is 9.18 Å². The summed E-state index contributed by atoms with van der Waals surface area (Å²) in [6, 6.07) is 3.93. The highest BCUT2D eigenvalue weighted by atomic mass is 19.1. The van der Waals surface area contributed by atoms with Crippen LogP contribution in [0.2, 0.25) is 0 Å². The summed E-state index contributed by atoms with van der Waals surface area (Å²) in [6.07, 6.45) is 2.74. The quantitative estimate of drug-likeness (QED) is 0.817. The largest absolute Gasteiger partial charge is 0.392 e. The fraction of sp³-hybridized carbons (Fsp3) is 0.0909. The monoisotopic (exact) mass is 235 g/mol. The van der Waals surface area contributed by atoms with Gasteiger partial charge in [-0.2, -0.15) is 5.10 Å². The zero-order chi connectivity index (χ0) is 12.4. The predicted octanol–water partition coefficient (Wildman–Crippen LogP) is 0.603. The zero-order valence-electron chi connectivity index (χ0n) is 8.80. The first-order valence-corrected chi connectivity index (χ1v) is 4.86. The lowest BCUT2D eigenvalue weighted by molar-refractivity contribution is 0.100. The van der Waals surface area contributed by atoms with Crippen LogP contribution in [0, 0.1) is 5.82 Å². The molecule has 2 aromatic rings. The summed E-state index contributed by atoms with van der Waals surface area (Å²) in [5.41, 5.74) is 6.23. The first kappa shape index (κ1) is 11.3.